The fourth-order valence-electron chi connectivity index (χ4n) is 1.81. The summed E-state index contributed by atoms with van der Waals surface area (Å²) in [6.07, 6.45) is 0.592. The van der Waals surface area contributed by atoms with Crippen LogP contribution in [0.2, 0.25) is 0 Å². The SMILES string of the molecule is Cc1ccccc1C(=O)OCCCNC(=O)c1cccs1. The molecule has 0 saturated heterocycles. The number of esters is 1. The lowest BCUT2D eigenvalue weighted by Gasteiger charge is -2.07. The standard InChI is InChI=1S/C16H17NO3S/c1-12-6-2-3-7-13(12)16(19)20-10-5-9-17-15(18)14-8-4-11-21-14/h2-4,6-8,11H,5,9-10H2,1H3,(H,17,18). The normalized spacial score (nSPS) is 10.1. The van der Waals surface area contributed by atoms with Crippen molar-refractivity contribution in [2.24, 2.45) is 0 Å². The van der Waals surface area contributed by atoms with Crippen molar-refractivity contribution >= 4 is 23.2 Å². The Morgan fingerprint density at radius 1 is 1.19 bits per heavy atom. The van der Waals surface area contributed by atoms with Crippen molar-refractivity contribution < 1.29 is 14.3 Å². The van der Waals surface area contributed by atoms with Gasteiger partial charge in [0.2, 0.25) is 0 Å². The third kappa shape index (κ3) is 4.43. The number of ether oxygens (including phenoxy) is 1. The van der Waals surface area contributed by atoms with Crippen LogP contribution in [0.3, 0.4) is 0 Å². The first kappa shape index (κ1) is 15.3. The van der Waals surface area contributed by atoms with Gasteiger partial charge >= 0.3 is 5.97 Å². The van der Waals surface area contributed by atoms with Gasteiger partial charge in [-0.15, -0.1) is 11.3 Å². The van der Waals surface area contributed by atoms with Gasteiger partial charge < -0.3 is 10.1 Å². The highest BCUT2D eigenvalue weighted by molar-refractivity contribution is 7.12. The highest BCUT2D eigenvalue weighted by atomic mass is 32.1. The molecule has 21 heavy (non-hydrogen) atoms. The van der Waals surface area contributed by atoms with Gasteiger partial charge in [-0.1, -0.05) is 24.3 Å². The predicted octanol–water partition coefficient (Wildman–Crippen LogP) is 3.03. The van der Waals surface area contributed by atoms with Gasteiger partial charge in [0.25, 0.3) is 5.91 Å². The van der Waals surface area contributed by atoms with E-state index in [1.165, 1.54) is 11.3 Å². The van der Waals surface area contributed by atoms with Crippen LogP contribution in [-0.4, -0.2) is 25.0 Å². The van der Waals surface area contributed by atoms with Gasteiger partial charge in [-0.2, -0.15) is 0 Å². The summed E-state index contributed by atoms with van der Waals surface area (Å²) in [4.78, 5) is 24.2. The predicted molar refractivity (Wildman–Crippen MR) is 82.7 cm³/mol. The molecule has 0 spiro atoms. The molecule has 1 aromatic carbocycles. The van der Waals surface area contributed by atoms with E-state index >= 15 is 0 Å². The third-order valence-corrected chi connectivity index (χ3v) is 3.82. The first-order valence-corrected chi connectivity index (χ1v) is 7.61. The molecule has 4 nitrogen and oxygen atoms in total. The number of nitrogens with one attached hydrogen (secondary N) is 1. The molecule has 0 fully saturated rings. The van der Waals surface area contributed by atoms with Crippen molar-refractivity contribution in [1.29, 1.82) is 0 Å². The number of benzene rings is 1. The van der Waals surface area contributed by atoms with Crippen LogP contribution in [0.4, 0.5) is 0 Å². The minimum Gasteiger partial charge on any atom is -0.462 e. The Morgan fingerprint density at radius 3 is 2.71 bits per heavy atom. The van der Waals surface area contributed by atoms with Gasteiger partial charge in [-0.25, -0.2) is 4.79 Å². The molecule has 0 atom stereocenters. The molecule has 1 amide bonds. The van der Waals surface area contributed by atoms with Crippen molar-refractivity contribution in [3.63, 3.8) is 0 Å². The number of carbonyl (C=O) groups excluding carboxylic acids is 2. The summed E-state index contributed by atoms with van der Waals surface area (Å²) in [5, 5.41) is 4.65. The average molecular weight is 303 g/mol. The summed E-state index contributed by atoms with van der Waals surface area (Å²) in [5.41, 5.74) is 1.48. The Balaban J connectivity index is 1.67. The third-order valence-electron chi connectivity index (χ3n) is 2.95. The highest BCUT2D eigenvalue weighted by Gasteiger charge is 2.09. The molecule has 0 aliphatic heterocycles. The fraction of sp³-hybridized carbons (Fsp3) is 0.250. The van der Waals surface area contributed by atoms with Crippen LogP contribution in [0.5, 0.6) is 0 Å². The molecule has 5 heteroatoms. The smallest absolute Gasteiger partial charge is 0.338 e. The molecular weight excluding hydrogens is 286 g/mol. The minimum absolute atomic E-state index is 0.0877. The number of rotatable bonds is 6. The monoisotopic (exact) mass is 303 g/mol. The highest BCUT2D eigenvalue weighted by Crippen LogP contribution is 2.09. The lowest BCUT2D eigenvalue weighted by molar-refractivity contribution is 0.0500. The first-order valence-electron chi connectivity index (χ1n) is 6.73. The van der Waals surface area contributed by atoms with Crippen molar-refractivity contribution in [3.8, 4) is 0 Å². The van der Waals surface area contributed by atoms with Crippen LogP contribution in [0.15, 0.2) is 41.8 Å². The maximum Gasteiger partial charge on any atom is 0.338 e. The Labute approximate surface area is 127 Å². The molecule has 0 aliphatic carbocycles. The molecule has 1 heterocycles. The lowest BCUT2D eigenvalue weighted by Crippen LogP contribution is -2.24. The number of hydrogen-bond acceptors (Lipinski definition) is 4. The van der Waals surface area contributed by atoms with Crippen LogP contribution in [-0.2, 0) is 4.74 Å². The largest absolute Gasteiger partial charge is 0.462 e. The van der Waals surface area contributed by atoms with Gasteiger partial charge in [-0.3, -0.25) is 4.79 Å². The zero-order chi connectivity index (χ0) is 15.1. The molecule has 0 bridgehead atoms. The molecule has 110 valence electrons. The van der Waals surface area contributed by atoms with E-state index in [2.05, 4.69) is 5.32 Å². The topological polar surface area (TPSA) is 55.4 Å². The second-order valence-corrected chi connectivity index (χ2v) is 5.49. The summed E-state index contributed by atoms with van der Waals surface area (Å²) in [7, 11) is 0. The summed E-state index contributed by atoms with van der Waals surface area (Å²) >= 11 is 1.40. The van der Waals surface area contributed by atoms with Gasteiger partial charge in [0.05, 0.1) is 17.0 Å². The van der Waals surface area contributed by atoms with E-state index in [1.54, 1.807) is 12.1 Å². The summed E-state index contributed by atoms with van der Waals surface area (Å²) in [5.74, 6) is -0.409. The van der Waals surface area contributed by atoms with Gasteiger partial charge in [0.1, 0.15) is 0 Å². The van der Waals surface area contributed by atoms with Gasteiger partial charge in [-0.05, 0) is 36.4 Å². The van der Waals surface area contributed by atoms with Gasteiger partial charge in [0, 0.05) is 6.54 Å². The van der Waals surface area contributed by atoms with E-state index in [0.717, 1.165) is 5.56 Å². The minimum atomic E-state index is -0.322. The first-order chi connectivity index (χ1) is 10.2. The van der Waals surface area contributed by atoms with Crippen molar-refractivity contribution in [1.82, 2.24) is 5.32 Å². The molecule has 1 N–H and O–H groups in total. The Hall–Kier alpha value is -2.14. The zero-order valence-corrected chi connectivity index (χ0v) is 12.6. The van der Waals surface area contributed by atoms with E-state index in [0.29, 0.717) is 23.4 Å². The number of carbonyl (C=O) groups is 2. The molecule has 1 aromatic heterocycles. The quantitative estimate of drug-likeness (QED) is 0.659. The van der Waals surface area contributed by atoms with Crippen LogP contribution in [0.25, 0.3) is 0 Å². The number of amides is 1. The Kier molecular flexibility index (Phi) is 5.51. The molecule has 0 aliphatic rings. The van der Waals surface area contributed by atoms with Gasteiger partial charge in [0.15, 0.2) is 0 Å². The maximum absolute atomic E-state index is 11.8. The molecule has 2 rings (SSSR count). The fourth-order valence-corrected chi connectivity index (χ4v) is 2.45. The van der Waals surface area contributed by atoms with E-state index < -0.39 is 0 Å². The lowest BCUT2D eigenvalue weighted by atomic mass is 10.1. The van der Waals surface area contributed by atoms with Crippen LogP contribution in [0, 0.1) is 6.92 Å². The van der Waals surface area contributed by atoms with Crippen LogP contribution < -0.4 is 5.32 Å². The summed E-state index contributed by atoms with van der Waals surface area (Å²) < 4.78 is 5.19. The molecule has 0 radical (unpaired) electrons. The Morgan fingerprint density at radius 2 is 2.00 bits per heavy atom. The molecule has 2 aromatic rings. The molecule has 0 unspecified atom stereocenters. The summed E-state index contributed by atoms with van der Waals surface area (Å²) in [6, 6.07) is 10.9. The van der Waals surface area contributed by atoms with Crippen LogP contribution in [0.1, 0.15) is 32.0 Å². The number of hydrogen-bond donors (Lipinski definition) is 1. The van der Waals surface area contributed by atoms with E-state index in [-0.39, 0.29) is 18.5 Å². The molecule has 0 saturated carbocycles. The molecular formula is C16H17NO3S. The number of thiophene rings is 1. The van der Waals surface area contributed by atoms with Crippen LogP contribution >= 0.6 is 11.3 Å². The van der Waals surface area contributed by atoms with Crippen molar-refractivity contribution in [2.75, 3.05) is 13.2 Å². The second kappa shape index (κ2) is 7.59. The average Bonchev–Trinajstić information content (AvgIpc) is 3.01. The van der Waals surface area contributed by atoms with E-state index in [1.807, 2.05) is 36.6 Å². The number of aryl methyl sites for hydroxylation is 1. The van der Waals surface area contributed by atoms with E-state index in [4.69, 9.17) is 4.74 Å². The zero-order valence-electron chi connectivity index (χ0n) is 11.8. The van der Waals surface area contributed by atoms with Crippen molar-refractivity contribution in [3.05, 3.63) is 57.8 Å². The van der Waals surface area contributed by atoms with Crippen molar-refractivity contribution in [2.45, 2.75) is 13.3 Å². The maximum atomic E-state index is 11.8. The summed E-state index contributed by atoms with van der Waals surface area (Å²) in [6.45, 7) is 2.65. The second-order valence-electron chi connectivity index (χ2n) is 4.54. The Bertz CT molecular complexity index is 608. The van der Waals surface area contributed by atoms with E-state index in [9.17, 15) is 9.59 Å².